The molecule has 0 unspecified atom stereocenters. The van der Waals surface area contributed by atoms with Gasteiger partial charge in [0.25, 0.3) is 5.69 Å². The number of nitrogens with two attached hydrogens (primary N) is 1. The highest BCUT2D eigenvalue weighted by Crippen LogP contribution is 2.45. The van der Waals surface area contributed by atoms with Crippen LogP contribution in [-0.4, -0.2) is 31.2 Å². The van der Waals surface area contributed by atoms with E-state index in [0.29, 0.717) is 48.5 Å². The number of nitro benzene ring substituents is 1. The maximum atomic E-state index is 13.0. The molecule has 1 aromatic heterocycles. The van der Waals surface area contributed by atoms with Crippen molar-refractivity contribution in [3.8, 4) is 11.8 Å². The lowest BCUT2D eigenvalue weighted by molar-refractivity contribution is -0.384. The maximum absolute atomic E-state index is 13.0. The zero-order chi connectivity index (χ0) is 23.1. The number of nitrogens with zero attached hydrogens (tertiary/aromatic N) is 3. The van der Waals surface area contributed by atoms with Gasteiger partial charge in [-0.2, -0.15) is 5.26 Å². The topological polar surface area (TPSA) is 145 Å². The van der Waals surface area contributed by atoms with Crippen LogP contribution in [-0.2, 0) is 4.74 Å². The van der Waals surface area contributed by atoms with E-state index in [1.165, 1.54) is 6.07 Å². The molecular formula is C23H18N4O6. The van der Waals surface area contributed by atoms with Crippen LogP contribution >= 0.6 is 0 Å². The van der Waals surface area contributed by atoms with Crippen molar-refractivity contribution in [2.75, 3.05) is 31.2 Å². The summed E-state index contributed by atoms with van der Waals surface area (Å²) in [5.41, 5.74) is 6.41. The van der Waals surface area contributed by atoms with Crippen LogP contribution in [0.25, 0.3) is 11.0 Å². The summed E-state index contributed by atoms with van der Waals surface area (Å²) < 4.78 is 16.5. The largest absolute Gasteiger partial charge is 0.439 e. The van der Waals surface area contributed by atoms with Crippen molar-refractivity contribution in [2.45, 2.75) is 5.92 Å². The average Bonchev–Trinajstić information content (AvgIpc) is 2.83. The fourth-order valence-corrected chi connectivity index (χ4v) is 4.34. The summed E-state index contributed by atoms with van der Waals surface area (Å²) in [5.74, 6) is -0.953. The molecule has 5 rings (SSSR count). The third-order valence-electron chi connectivity index (χ3n) is 5.86. The molecule has 33 heavy (non-hydrogen) atoms. The second kappa shape index (κ2) is 7.96. The molecule has 1 saturated heterocycles. The molecule has 0 aliphatic carbocycles. The van der Waals surface area contributed by atoms with Crippen molar-refractivity contribution in [1.29, 1.82) is 5.26 Å². The first-order chi connectivity index (χ1) is 16.0. The van der Waals surface area contributed by atoms with E-state index in [-0.39, 0.29) is 28.5 Å². The SMILES string of the molecule is N#CC1=C(N)Oc2c(c(=O)oc3ccccc23)[C@@H]1c1ccc(N2CCOCC2)c([N+](=O)[O-])c1. The molecule has 2 aromatic carbocycles. The molecule has 3 heterocycles. The van der Waals surface area contributed by atoms with E-state index in [1.807, 2.05) is 11.0 Å². The maximum Gasteiger partial charge on any atom is 0.344 e. The van der Waals surface area contributed by atoms with Gasteiger partial charge in [-0.25, -0.2) is 4.79 Å². The molecule has 2 aliphatic heterocycles. The van der Waals surface area contributed by atoms with Crippen molar-refractivity contribution < 1.29 is 18.8 Å². The molecule has 2 aliphatic rings. The van der Waals surface area contributed by atoms with Crippen LogP contribution in [0.5, 0.6) is 5.75 Å². The summed E-state index contributed by atoms with van der Waals surface area (Å²) >= 11 is 0. The number of nitriles is 1. The number of rotatable bonds is 3. The first kappa shape index (κ1) is 20.5. The number of hydrogen-bond acceptors (Lipinski definition) is 9. The molecule has 1 fully saturated rings. The second-order valence-corrected chi connectivity index (χ2v) is 7.66. The van der Waals surface area contributed by atoms with Gasteiger partial charge in [-0.05, 0) is 23.8 Å². The van der Waals surface area contributed by atoms with Gasteiger partial charge in [0.1, 0.15) is 22.9 Å². The number of benzene rings is 2. The average molecular weight is 446 g/mol. The van der Waals surface area contributed by atoms with Crippen LogP contribution in [0.4, 0.5) is 11.4 Å². The Bertz CT molecular complexity index is 1410. The lowest BCUT2D eigenvalue weighted by atomic mass is 9.83. The summed E-state index contributed by atoms with van der Waals surface area (Å²) in [6, 6.07) is 13.5. The van der Waals surface area contributed by atoms with E-state index in [9.17, 15) is 20.2 Å². The van der Waals surface area contributed by atoms with Gasteiger partial charge in [-0.3, -0.25) is 10.1 Å². The molecule has 2 N–H and O–H groups in total. The number of para-hydroxylation sites is 1. The summed E-state index contributed by atoms with van der Waals surface area (Å²) in [6.45, 7) is 1.98. The number of anilines is 1. The molecule has 1 atom stereocenters. The van der Waals surface area contributed by atoms with Crippen molar-refractivity contribution in [1.82, 2.24) is 0 Å². The number of ether oxygens (including phenoxy) is 2. The fourth-order valence-electron chi connectivity index (χ4n) is 4.34. The minimum atomic E-state index is -0.975. The van der Waals surface area contributed by atoms with E-state index in [0.717, 1.165) is 0 Å². The Labute approximate surface area is 187 Å². The zero-order valence-corrected chi connectivity index (χ0v) is 17.3. The van der Waals surface area contributed by atoms with E-state index in [4.69, 9.17) is 19.6 Å². The van der Waals surface area contributed by atoms with Crippen LogP contribution < -0.4 is 21.0 Å². The fraction of sp³-hybridized carbons (Fsp3) is 0.217. The number of nitro groups is 1. The Morgan fingerprint density at radius 1 is 1.18 bits per heavy atom. The van der Waals surface area contributed by atoms with Gasteiger partial charge in [0.15, 0.2) is 5.75 Å². The van der Waals surface area contributed by atoms with Crippen LogP contribution in [0.2, 0.25) is 0 Å². The van der Waals surface area contributed by atoms with E-state index < -0.39 is 16.5 Å². The van der Waals surface area contributed by atoms with Crippen molar-refractivity contribution in [3.05, 3.63) is 85.6 Å². The van der Waals surface area contributed by atoms with Crippen LogP contribution in [0, 0.1) is 21.4 Å². The Kier molecular flexibility index (Phi) is 4.95. The van der Waals surface area contributed by atoms with Gasteiger partial charge in [-0.1, -0.05) is 18.2 Å². The molecule has 0 amide bonds. The molecule has 0 saturated carbocycles. The Morgan fingerprint density at radius 2 is 1.94 bits per heavy atom. The molecule has 0 spiro atoms. The predicted octanol–water partition coefficient (Wildman–Crippen LogP) is 2.76. The molecule has 3 aromatic rings. The first-order valence-electron chi connectivity index (χ1n) is 10.2. The van der Waals surface area contributed by atoms with E-state index >= 15 is 0 Å². The van der Waals surface area contributed by atoms with Crippen LogP contribution in [0.15, 0.2) is 63.1 Å². The summed E-state index contributed by atoms with van der Waals surface area (Å²) in [6.07, 6.45) is 0. The minimum Gasteiger partial charge on any atom is -0.439 e. The number of allylic oxidation sites excluding steroid dienone is 1. The van der Waals surface area contributed by atoms with Gasteiger partial charge in [0, 0.05) is 19.2 Å². The zero-order valence-electron chi connectivity index (χ0n) is 17.3. The molecule has 10 nitrogen and oxygen atoms in total. The molecule has 10 heteroatoms. The van der Waals surface area contributed by atoms with Gasteiger partial charge >= 0.3 is 5.63 Å². The summed E-state index contributed by atoms with van der Waals surface area (Å²) in [7, 11) is 0. The Hall–Kier alpha value is -4.36. The highest BCUT2D eigenvalue weighted by atomic mass is 16.6. The second-order valence-electron chi connectivity index (χ2n) is 7.66. The molecule has 0 bridgehead atoms. The van der Waals surface area contributed by atoms with Gasteiger partial charge in [-0.15, -0.1) is 0 Å². The monoisotopic (exact) mass is 446 g/mol. The van der Waals surface area contributed by atoms with Crippen molar-refractivity contribution >= 4 is 22.3 Å². The van der Waals surface area contributed by atoms with E-state index in [2.05, 4.69) is 0 Å². The molecular weight excluding hydrogens is 428 g/mol. The Balaban J connectivity index is 1.73. The number of fused-ring (bicyclic) bond motifs is 3. The third kappa shape index (κ3) is 3.35. The predicted molar refractivity (Wildman–Crippen MR) is 118 cm³/mol. The van der Waals surface area contributed by atoms with Gasteiger partial charge in [0.05, 0.1) is 35.0 Å². The molecule has 166 valence electrons. The highest BCUT2D eigenvalue weighted by Gasteiger charge is 2.36. The van der Waals surface area contributed by atoms with E-state index in [1.54, 1.807) is 36.4 Å². The smallest absolute Gasteiger partial charge is 0.344 e. The summed E-state index contributed by atoms with van der Waals surface area (Å²) in [5, 5.41) is 22.3. The quantitative estimate of drug-likeness (QED) is 0.364. The standard InChI is InChI=1S/C23H18N4O6/c24-12-15-19(13-5-6-16(17(11-13)27(29)30)26-7-9-31-10-8-26)20-21(33-22(15)25)14-3-1-2-4-18(14)32-23(20)28/h1-6,11,19H,7-10,25H2/t19-/m1/s1. The number of morpholine rings is 1. The van der Waals surface area contributed by atoms with Gasteiger partial charge in [0.2, 0.25) is 5.88 Å². The summed E-state index contributed by atoms with van der Waals surface area (Å²) in [4.78, 5) is 26.3. The van der Waals surface area contributed by atoms with Gasteiger partial charge < -0.3 is 24.5 Å². The Morgan fingerprint density at radius 3 is 2.67 bits per heavy atom. The normalized spacial score (nSPS) is 17.9. The highest BCUT2D eigenvalue weighted by molar-refractivity contribution is 5.86. The van der Waals surface area contributed by atoms with Crippen molar-refractivity contribution in [2.24, 2.45) is 5.73 Å². The third-order valence-corrected chi connectivity index (χ3v) is 5.86. The van der Waals surface area contributed by atoms with Crippen molar-refractivity contribution in [3.63, 3.8) is 0 Å². The van der Waals surface area contributed by atoms with Crippen LogP contribution in [0.3, 0.4) is 0 Å². The minimum absolute atomic E-state index is 0.0153. The number of hydrogen-bond donors (Lipinski definition) is 1. The molecule has 0 radical (unpaired) electrons. The van der Waals surface area contributed by atoms with Crippen LogP contribution in [0.1, 0.15) is 17.0 Å². The lowest BCUT2D eigenvalue weighted by Crippen LogP contribution is -2.36. The first-order valence-corrected chi connectivity index (χ1v) is 10.2. The lowest BCUT2D eigenvalue weighted by Gasteiger charge is -2.29.